The van der Waals surface area contributed by atoms with E-state index in [4.69, 9.17) is 5.73 Å². The van der Waals surface area contributed by atoms with Gasteiger partial charge in [-0.15, -0.1) is 0 Å². The first-order valence-corrected chi connectivity index (χ1v) is 5.90. The van der Waals surface area contributed by atoms with Gasteiger partial charge in [0.25, 0.3) is 0 Å². The van der Waals surface area contributed by atoms with Crippen LogP contribution in [0.25, 0.3) is 0 Å². The Balaban J connectivity index is 1.98. The summed E-state index contributed by atoms with van der Waals surface area (Å²) in [5.41, 5.74) is 5.03. The van der Waals surface area contributed by atoms with Crippen molar-refractivity contribution in [3.63, 3.8) is 0 Å². The predicted octanol–water partition coefficient (Wildman–Crippen LogP) is 0.203. The zero-order valence-corrected chi connectivity index (χ0v) is 9.59. The van der Waals surface area contributed by atoms with Crippen molar-refractivity contribution in [2.45, 2.75) is 25.7 Å². The number of nitrogens with zero attached hydrogens (tertiary/aromatic N) is 1. The first kappa shape index (κ1) is 11.8. The molecular formula is C12H16N2O3. The van der Waals surface area contributed by atoms with Crippen molar-refractivity contribution in [3.05, 3.63) is 12.2 Å². The zero-order chi connectivity index (χ0) is 12.4. The highest BCUT2D eigenvalue weighted by Crippen LogP contribution is 2.34. The number of carbonyl (C=O) groups excluding carboxylic acids is 3. The van der Waals surface area contributed by atoms with E-state index >= 15 is 0 Å². The number of primary amides is 1. The maximum atomic E-state index is 12.0. The van der Waals surface area contributed by atoms with Crippen molar-refractivity contribution < 1.29 is 14.4 Å². The van der Waals surface area contributed by atoms with Gasteiger partial charge in [0.1, 0.15) is 0 Å². The third-order valence-electron chi connectivity index (χ3n) is 3.40. The maximum absolute atomic E-state index is 12.0. The summed E-state index contributed by atoms with van der Waals surface area (Å²) in [4.78, 5) is 35.9. The predicted molar refractivity (Wildman–Crippen MR) is 60.5 cm³/mol. The van der Waals surface area contributed by atoms with E-state index in [0.29, 0.717) is 25.8 Å². The van der Waals surface area contributed by atoms with Crippen LogP contribution in [0.4, 0.5) is 0 Å². The molecule has 0 spiro atoms. The summed E-state index contributed by atoms with van der Waals surface area (Å²) in [7, 11) is 0. The first-order chi connectivity index (χ1) is 8.11. The van der Waals surface area contributed by atoms with Gasteiger partial charge in [0.15, 0.2) is 0 Å². The van der Waals surface area contributed by atoms with Gasteiger partial charge >= 0.3 is 0 Å². The number of rotatable bonds is 4. The molecule has 0 aromatic heterocycles. The van der Waals surface area contributed by atoms with Crippen LogP contribution >= 0.6 is 0 Å². The van der Waals surface area contributed by atoms with Gasteiger partial charge in [-0.1, -0.05) is 12.2 Å². The van der Waals surface area contributed by atoms with E-state index in [9.17, 15) is 14.4 Å². The molecule has 2 rings (SSSR count). The molecule has 0 bridgehead atoms. The normalized spacial score (nSPS) is 27.4. The summed E-state index contributed by atoms with van der Waals surface area (Å²) in [6, 6.07) is 0. The Bertz CT molecular complexity index is 363. The number of fused-ring (bicyclic) bond motifs is 1. The lowest BCUT2D eigenvalue weighted by molar-refractivity contribution is -0.140. The van der Waals surface area contributed by atoms with Gasteiger partial charge in [-0.2, -0.15) is 0 Å². The molecule has 0 aromatic rings. The lowest BCUT2D eigenvalue weighted by Gasteiger charge is -2.14. The monoisotopic (exact) mass is 236 g/mol. The van der Waals surface area contributed by atoms with Crippen molar-refractivity contribution in [1.82, 2.24) is 4.90 Å². The van der Waals surface area contributed by atoms with Crippen molar-refractivity contribution in [2.75, 3.05) is 6.54 Å². The molecule has 1 aliphatic heterocycles. The second kappa shape index (κ2) is 4.69. The number of likely N-dealkylation sites (tertiary alicyclic amines) is 1. The van der Waals surface area contributed by atoms with Crippen LogP contribution < -0.4 is 5.73 Å². The van der Waals surface area contributed by atoms with E-state index in [1.165, 1.54) is 4.90 Å². The third kappa shape index (κ3) is 2.23. The zero-order valence-electron chi connectivity index (χ0n) is 9.59. The molecule has 92 valence electrons. The van der Waals surface area contributed by atoms with Gasteiger partial charge in [-0.05, 0) is 19.3 Å². The summed E-state index contributed by atoms with van der Waals surface area (Å²) in [6.07, 6.45) is 5.89. The highest BCUT2D eigenvalue weighted by molar-refractivity contribution is 6.05. The quantitative estimate of drug-likeness (QED) is 0.559. The number of nitrogens with two attached hydrogens (primary N) is 1. The van der Waals surface area contributed by atoms with Gasteiger partial charge in [-0.25, -0.2) is 0 Å². The van der Waals surface area contributed by atoms with Crippen LogP contribution in [0, 0.1) is 11.8 Å². The van der Waals surface area contributed by atoms with Gasteiger partial charge in [0.05, 0.1) is 11.8 Å². The molecule has 1 fully saturated rings. The molecule has 2 N–H and O–H groups in total. The molecule has 2 atom stereocenters. The van der Waals surface area contributed by atoms with Gasteiger partial charge < -0.3 is 5.73 Å². The Morgan fingerprint density at radius 2 is 1.76 bits per heavy atom. The van der Waals surface area contributed by atoms with E-state index in [1.807, 2.05) is 12.2 Å². The number of hydrogen-bond donors (Lipinski definition) is 1. The minimum absolute atomic E-state index is 0.0891. The van der Waals surface area contributed by atoms with Crippen molar-refractivity contribution >= 4 is 17.7 Å². The summed E-state index contributed by atoms with van der Waals surface area (Å²) < 4.78 is 0. The van der Waals surface area contributed by atoms with Crippen LogP contribution in [0.2, 0.25) is 0 Å². The van der Waals surface area contributed by atoms with Gasteiger partial charge in [-0.3, -0.25) is 19.3 Å². The number of carbonyl (C=O) groups is 3. The summed E-state index contributed by atoms with van der Waals surface area (Å²) in [6.45, 7) is 0.313. The molecule has 0 aromatic carbocycles. The third-order valence-corrected chi connectivity index (χ3v) is 3.40. The maximum Gasteiger partial charge on any atom is 0.233 e. The molecule has 3 amide bonds. The summed E-state index contributed by atoms with van der Waals surface area (Å²) in [5, 5.41) is 0. The Labute approximate surface area is 99.6 Å². The second-order valence-corrected chi connectivity index (χ2v) is 4.55. The topological polar surface area (TPSA) is 80.5 Å². The smallest absolute Gasteiger partial charge is 0.233 e. The Morgan fingerprint density at radius 3 is 2.24 bits per heavy atom. The standard InChI is InChI=1S/C12H16N2O3/c13-10(15)6-3-7-14-11(16)8-4-1-2-5-9(8)12(14)17/h1-2,8-9H,3-7H2,(H2,13,15)/t8-,9-/m0/s1. The van der Waals surface area contributed by atoms with Crippen LogP contribution in [0.1, 0.15) is 25.7 Å². The fourth-order valence-corrected chi connectivity index (χ4v) is 2.50. The van der Waals surface area contributed by atoms with E-state index in [-0.39, 0.29) is 30.1 Å². The lowest BCUT2D eigenvalue weighted by Crippen LogP contribution is -2.32. The highest BCUT2D eigenvalue weighted by atomic mass is 16.2. The van der Waals surface area contributed by atoms with E-state index in [2.05, 4.69) is 0 Å². The molecule has 1 heterocycles. The molecule has 5 nitrogen and oxygen atoms in total. The fraction of sp³-hybridized carbons (Fsp3) is 0.583. The number of allylic oxidation sites excluding steroid dienone is 2. The molecule has 1 aliphatic carbocycles. The molecule has 5 heteroatoms. The average molecular weight is 236 g/mol. The number of imide groups is 1. The molecule has 0 unspecified atom stereocenters. The van der Waals surface area contributed by atoms with Crippen molar-refractivity contribution in [3.8, 4) is 0 Å². The minimum Gasteiger partial charge on any atom is -0.370 e. The number of amides is 3. The summed E-state index contributed by atoms with van der Waals surface area (Å²) in [5.74, 6) is -0.937. The first-order valence-electron chi connectivity index (χ1n) is 5.90. The van der Waals surface area contributed by atoms with Crippen LogP contribution in [0.5, 0.6) is 0 Å². The van der Waals surface area contributed by atoms with Gasteiger partial charge in [0, 0.05) is 13.0 Å². The fourth-order valence-electron chi connectivity index (χ4n) is 2.50. The Hall–Kier alpha value is -1.65. The second-order valence-electron chi connectivity index (χ2n) is 4.55. The van der Waals surface area contributed by atoms with Crippen LogP contribution in [-0.4, -0.2) is 29.2 Å². The van der Waals surface area contributed by atoms with Gasteiger partial charge in [0.2, 0.25) is 17.7 Å². The van der Waals surface area contributed by atoms with E-state index in [0.717, 1.165) is 0 Å². The van der Waals surface area contributed by atoms with E-state index in [1.54, 1.807) is 0 Å². The van der Waals surface area contributed by atoms with Crippen molar-refractivity contribution in [1.29, 1.82) is 0 Å². The molecule has 1 saturated heterocycles. The lowest BCUT2D eigenvalue weighted by atomic mass is 9.85. The SMILES string of the molecule is NC(=O)CCCN1C(=O)[C@H]2CC=CC[C@@H]2C1=O. The average Bonchev–Trinajstić information content (AvgIpc) is 2.54. The Kier molecular flexibility index (Phi) is 3.26. The molecule has 2 aliphatic rings. The summed E-state index contributed by atoms with van der Waals surface area (Å²) >= 11 is 0. The molecular weight excluding hydrogens is 220 g/mol. The van der Waals surface area contributed by atoms with Crippen LogP contribution in [0.3, 0.4) is 0 Å². The molecule has 17 heavy (non-hydrogen) atoms. The molecule has 0 saturated carbocycles. The van der Waals surface area contributed by atoms with Crippen LogP contribution in [-0.2, 0) is 14.4 Å². The largest absolute Gasteiger partial charge is 0.370 e. The minimum atomic E-state index is -0.400. The highest BCUT2D eigenvalue weighted by Gasteiger charge is 2.46. The molecule has 0 radical (unpaired) electrons. The van der Waals surface area contributed by atoms with E-state index < -0.39 is 5.91 Å². The Morgan fingerprint density at radius 1 is 1.24 bits per heavy atom. The van der Waals surface area contributed by atoms with Crippen molar-refractivity contribution in [2.24, 2.45) is 17.6 Å². The van der Waals surface area contributed by atoms with Crippen LogP contribution in [0.15, 0.2) is 12.2 Å². The number of hydrogen-bond acceptors (Lipinski definition) is 3.